The molecule has 1 heterocycles. The molecule has 17 heavy (non-hydrogen) atoms. The van der Waals surface area contributed by atoms with Crippen molar-refractivity contribution in [2.24, 2.45) is 5.73 Å². The van der Waals surface area contributed by atoms with Crippen LogP contribution in [-0.4, -0.2) is 4.92 Å². The molecule has 0 bridgehead atoms. The second-order valence-electron chi connectivity index (χ2n) is 3.31. The minimum Gasteiger partial charge on any atom is -0.319 e. The van der Waals surface area contributed by atoms with Crippen LogP contribution in [0.3, 0.4) is 0 Å². The average Bonchev–Trinajstić information content (AvgIpc) is 2.81. The number of benzene rings is 1. The molecule has 4 nitrogen and oxygen atoms in total. The largest absolute Gasteiger partial charge is 0.319 e. The van der Waals surface area contributed by atoms with Crippen LogP contribution in [0.5, 0.6) is 0 Å². The van der Waals surface area contributed by atoms with Crippen molar-refractivity contribution in [2.75, 3.05) is 0 Å². The van der Waals surface area contributed by atoms with Crippen LogP contribution in [0.4, 0.5) is 5.69 Å². The van der Waals surface area contributed by atoms with Crippen molar-refractivity contribution >= 4 is 29.4 Å². The predicted molar refractivity (Wildman–Crippen MR) is 70.7 cm³/mol. The Kier molecular flexibility index (Phi) is 4.62. The van der Waals surface area contributed by atoms with Gasteiger partial charge in [-0.05, 0) is 11.4 Å². The van der Waals surface area contributed by atoms with Crippen LogP contribution in [0.25, 0.3) is 0 Å². The van der Waals surface area contributed by atoms with Crippen LogP contribution in [0.2, 0.25) is 0 Å². The first-order valence-electron chi connectivity index (χ1n) is 4.72. The van der Waals surface area contributed by atoms with Crippen LogP contribution < -0.4 is 5.73 Å². The number of rotatable bonds is 3. The van der Waals surface area contributed by atoms with Gasteiger partial charge in [-0.1, -0.05) is 24.3 Å². The first-order chi connectivity index (χ1) is 7.70. The van der Waals surface area contributed by atoms with Gasteiger partial charge >= 0.3 is 0 Å². The number of thiophene rings is 1. The number of nitrogens with zero attached hydrogens (tertiary/aromatic N) is 1. The van der Waals surface area contributed by atoms with Crippen LogP contribution in [-0.2, 0) is 0 Å². The number of nitro benzene ring substituents is 1. The minimum atomic E-state index is -0.429. The molecule has 0 unspecified atom stereocenters. The van der Waals surface area contributed by atoms with Gasteiger partial charge in [0.05, 0.1) is 16.5 Å². The molecule has 90 valence electrons. The minimum absolute atomic E-state index is 0. The molecule has 0 fully saturated rings. The maximum atomic E-state index is 10.8. The molecule has 2 N–H and O–H groups in total. The van der Waals surface area contributed by atoms with E-state index in [0.29, 0.717) is 5.56 Å². The highest BCUT2D eigenvalue weighted by Gasteiger charge is 2.20. The van der Waals surface area contributed by atoms with Crippen molar-refractivity contribution in [1.82, 2.24) is 0 Å². The van der Waals surface area contributed by atoms with Crippen LogP contribution >= 0.6 is 23.7 Å². The standard InChI is InChI=1S/C11H10N2O2S.ClH/c12-11(10-6-3-7-16-10)8-4-1-2-5-9(8)13(14)15;/h1-7,11H,12H2;1H/t11-;/m0./s1. The first-order valence-corrected chi connectivity index (χ1v) is 5.60. The third-order valence-electron chi connectivity index (χ3n) is 2.32. The maximum Gasteiger partial charge on any atom is 0.274 e. The zero-order valence-corrected chi connectivity index (χ0v) is 10.4. The second kappa shape index (κ2) is 5.77. The number of para-hydroxylation sites is 1. The van der Waals surface area contributed by atoms with Crippen molar-refractivity contribution < 1.29 is 4.92 Å². The molecule has 0 saturated carbocycles. The van der Waals surface area contributed by atoms with Gasteiger partial charge < -0.3 is 5.73 Å². The van der Waals surface area contributed by atoms with Crippen molar-refractivity contribution in [2.45, 2.75) is 6.04 Å². The summed E-state index contributed by atoms with van der Waals surface area (Å²) in [4.78, 5) is 11.4. The molecule has 0 spiro atoms. The number of nitro groups is 1. The molecule has 2 aromatic rings. The van der Waals surface area contributed by atoms with E-state index in [0.717, 1.165) is 4.88 Å². The Morgan fingerprint density at radius 2 is 1.94 bits per heavy atom. The highest BCUT2D eigenvalue weighted by atomic mass is 35.5. The van der Waals surface area contributed by atoms with Crippen LogP contribution in [0.1, 0.15) is 16.5 Å². The zero-order chi connectivity index (χ0) is 11.5. The first kappa shape index (κ1) is 13.6. The van der Waals surface area contributed by atoms with E-state index in [4.69, 9.17) is 5.73 Å². The summed E-state index contributed by atoms with van der Waals surface area (Å²) < 4.78 is 0. The van der Waals surface area contributed by atoms with Gasteiger partial charge in [0.25, 0.3) is 5.69 Å². The zero-order valence-electron chi connectivity index (χ0n) is 8.78. The fraction of sp³-hybridized carbons (Fsp3) is 0.0909. The molecule has 1 aromatic heterocycles. The smallest absolute Gasteiger partial charge is 0.274 e. The lowest BCUT2D eigenvalue weighted by Gasteiger charge is -2.09. The molecule has 0 radical (unpaired) electrons. The molecular formula is C11H11ClN2O2S. The average molecular weight is 271 g/mol. The fourth-order valence-electron chi connectivity index (χ4n) is 1.54. The number of hydrogen-bond acceptors (Lipinski definition) is 4. The highest BCUT2D eigenvalue weighted by Crippen LogP contribution is 2.29. The van der Waals surface area contributed by atoms with E-state index in [-0.39, 0.29) is 18.1 Å². The molecule has 0 aliphatic rings. The van der Waals surface area contributed by atoms with E-state index in [1.165, 1.54) is 17.4 Å². The number of halogens is 1. The fourth-order valence-corrected chi connectivity index (χ4v) is 2.28. The SMILES string of the molecule is Cl.N[C@H](c1cccs1)c1ccccc1[N+](=O)[O-]. The summed E-state index contributed by atoms with van der Waals surface area (Å²) in [5, 5.41) is 12.8. The number of hydrogen-bond donors (Lipinski definition) is 1. The summed E-state index contributed by atoms with van der Waals surface area (Å²) in [5.74, 6) is 0. The van der Waals surface area contributed by atoms with Gasteiger partial charge in [0.2, 0.25) is 0 Å². The van der Waals surface area contributed by atoms with Crippen LogP contribution in [0, 0.1) is 10.1 Å². The number of nitrogens with two attached hydrogens (primary N) is 1. The normalized spacial score (nSPS) is 11.6. The molecule has 2 rings (SSSR count). The molecule has 0 aliphatic carbocycles. The summed E-state index contributed by atoms with van der Waals surface area (Å²) >= 11 is 1.50. The Labute approximate surface area is 109 Å². The van der Waals surface area contributed by atoms with Gasteiger partial charge in [0, 0.05) is 10.9 Å². The predicted octanol–water partition coefficient (Wildman–Crippen LogP) is 3.13. The van der Waals surface area contributed by atoms with Gasteiger partial charge in [0.15, 0.2) is 0 Å². The molecule has 0 saturated heterocycles. The third kappa shape index (κ3) is 2.82. The lowest BCUT2D eigenvalue weighted by molar-refractivity contribution is -0.385. The maximum absolute atomic E-state index is 10.8. The van der Waals surface area contributed by atoms with E-state index in [1.807, 2.05) is 17.5 Å². The van der Waals surface area contributed by atoms with E-state index in [2.05, 4.69) is 0 Å². The Hall–Kier alpha value is -1.43. The van der Waals surface area contributed by atoms with Crippen LogP contribution in [0.15, 0.2) is 41.8 Å². The van der Waals surface area contributed by atoms with Crippen molar-refractivity contribution in [3.8, 4) is 0 Å². The lowest BCUT2D eigenvalue weighted by atomic mass is 10.0. The molecular weight excluding hydrogens is 260 g/mol. The highest BCUT2D eigenvalue weighted by molar-refractivity contribution is 7.10. The van der Waals surface area contributed by atoms with Gasteiger partial charge in [-0.2, -0.15) is 0 Å². The Morgan fingerprint density at radius 1 is 1.24 bits per heavy atom. The Bertz CT molecular complexity index is 502. The van der Waals surface area contributed by atoms with Gasteiger partial charge in [-0.15, -0.1) is 23.7 Å². The summed E-state index contributed by atoms with van der Waals surface area (Å²) in [6.07, 6.45) is 0. The van der Waals surface area contributed by atoms with Gasteiger partial charge in [0.1, 0.15) is 0 Å². The molecule has 0 amide bonds. The summed E-state index contributed by atoms with van der Waals surface area (Å²) in [7, 11) is 0. The second-order valence-corrected chi connectivity index (χ2v) is 4.29. The van der Waals surface area contributed by atoms with E-state index in [9.17, 15) is 10.1 Å². The summed E-state index contributed by atoms with van der Waals surface area (Å²) in [6.45, 7) is 0. The molecule has 6 heteroatoms. The third-order valence-corrected chi connectivity index (χ3v) is 3.27. The van der Waals surface area contributed by atoms with E-state index >= 15 is 0 Å². The van der Waals surface area contributed by atoms with Crippen molar-refractivity contribution in [3.05, 3.63) is 62.3 Å². The Morgan fingerprint density at radius 3 is 2.53 bits per heavy atom. The monoisotopic (exact) mass is 270 g/mol. The van der Waals surface area contributed by atoms with Gasteiger partial charge in [-0.3, -0.25) is 10.1 Å². The quantitative estimate of drug-likeness (QED) is 0.688. The summed E-state index contributed by atoms with van der Waals surface area (Å²) in [5.41, 5.74) is 6.63. The van der Waals surface area contributed by atoms with E-state index in [1.54, 1.807) is 18.2 Å². The lowest BCUT2D eigenvalue weighted by Crippen LogP contribution is -2.12. The topological polar surface area (TPSA) is 69.2 Å². The molecule has 1 atom stereocenters. The van der Waals surface area contributed by atoms with E-state index < -0.39 is 11.0 Å². The van der Waals surface area contributed by atoms with Crippen molar-refractivity contribution in [1.29, 1.82) is 0 Å². The van der Waals surface area contributed by atoms with Gasteiger partial charge in [-0.25, -0.2) is 0 Å². The summed E-state index contributed by atoms with van der Waals surface area (Å²) in [6, 6.07) is 9.91. The van der Waals surface area contributed by atoms with Crippen molar-refractivity contribution in [3.63, 3.8) is 0 Å². The molecule has 1 aromatic carbocycles. The molecule has 0 aliphatic heterocycles. The Balaban J connectivity index is 0.00000144.